The van der Waals surface area contributed by atoms with E-state index in [9.17, 15) is 4.79 Å². The van der Waals surface area contributed by atoms with Gasteiger partial charge < -0.3 is 14.5 Å². The fraction of sp³-hybridized carbons (Fsp3) is 0.400. The molecular formula is C15H17NO3S. The van der Waals surface area contributed by atoms with Gasteiger partial charge in [-0.2, -0.15) is 0 Å². The Labute approximate surface area is 121 Å². The summed E-state index contributed by atoms with van der Waals surface area (Å²) in [6.45, 7) is 0.427. The van der Waals surface area contributed by atoms with Gasteiger partial charge in [0, 0.05) is 12.0 Å². The Bertz CT molecular complexity index is 558. The number of thiophene rings is 1. The highest BCUT2D eigenvalue weighted by Gasteiger charge is 2.52. The molecule has 1 aliphatic rings. The van der Waals surface area contributed by atoms with E-state index in [1.54, 1.807) is 24.7 Å². The van der Waals surface area contributed by atoms with Gasteiger partial charge in [0.1, 0.15) is 11.9 Å². The molecule has 1 saturated carbocycles. The lowest BCUT2D eigenvalue weighted by Crippen LogP contribution is -2.37. The summed E-state index contributed by atoms with van der Waals surface area (Å²) in [6, 6.07) is 7.70. The first kappa shape index (κ1) is 13.4. The highest BCUT2D eigenvalue weighted by molar-refractivity contribution is 7.10. The van der Waals surface area contributed by atoms with Crippen molar-refractivity contribution in [2.45, 2.75) is 24.4 Å². The van der Waals surface area contributed by atoms with Crippen LogP contribution in [0.2, 0.25) is 0 Å². The molecule has 3 rings (SSSR count). The highest BCUT2D eigenvalue weighted by Crippen LogP contribution is 2.50. The molecule has 0 aromatic carbocycles. The second-order valence-electron chi connectivity index (χ2n) is 5.01. The summed E-state index contributed by atoms with van der Waals surface area (Å²) in [7, 11) is 1.62. The van der Waals surface area contributed by atoms with Gasteiger partial charge in [-0.1, -0.05) is 6.07 Å². The monoisotopic (exact) mass is 291 g/mol. The van der Waals surface area contributed by atoms with Crippen LogP contribution in [-0.2, 0) is 14.9 Å². The number of amides is 1. The number of furan rings is 1. The van der Waals surface area contributed by atoms with E-state index < -0.39 is 0 Å². The van der Waals surface area contributed by atoms with Crippen LogP contribution in [-0.4, -0.2) is 19.6 Å². The van der Waals surface area contributed by atoms with E-state index in [1.165, 1.54) is 0 Å². The molecule has 0 spiro atoms. The van der Waals surface area contributed by atoms with Crippen molar-refractivity contribution in [1.29, 1.82) is 0 Å². The lowest BCUT2D eigenvalue weighted by molar-refractivity contribution is -0.124. The minimum Gasteiger partial charge on any atom is -0.467 e. The van der Waals surface area contributed by atoms with Crippen LogP contribution in [0.3, 0.4) is 0 Å². The molecule has 0 aliphatic heterocycles. The smallest absolute Gasteiger partial charge is 0.231 e. The Morgan fingerprint density at radius 2 is 2.35 bits per heavy atom. The van der Waals surface area contributed by atoms with Crippen molar-refractivity contribution in [3.63, 3.8) is 0 Å². The molecule has 1 unspecified atom stereocenters. The summed E-state index contributed by atoms with van der Waals surface area (Å²) in [5.74, 6) is 0.822. The molecule has 2 aromatic rings. The largest absolute Gasteiger partial charge is 0.467 e. The lowest BCUT2D eigenvalue weighted by atomic mass is 10.0. The molecule has 1 aliphatic carbocycles. The lowest BCUT2D eigenvalue weighted by Gasteiger charge is -2.17. The zero-order chi connectivity index (χ0) is 14.0. The molecule has 0 saturated heterocycles. The predicted molar refractivity (Wildman–Crippen MR) is 76.7 cm³/mol. The Morgan fingerprint density at radius 1 is 1.50 bits per heavy atom. The summed E-state index contributed by atoms with van der Waals surface area (Å²) in [5.41, 5.74) is -0.296. The third-order valence-electron chi connectivity index (χ3n) is 3.77. The topological polar surface area (TPSA) is 51.5 Å². The summed E-state index contributed by atoms with van der Waals surface area (Å²) in [5, 5.41) is 5.01. The van der Waals surface area contributed by atoms with Gasteiger partial charge in [-0.3, -0.25) is 4.79 Å². The molecule has 1 fully saturated rings. The first-order valence-corrected chi connectivity index (χ1v) is 7.53. The Balaban J connectivity index is 1.62. The number of ether oxygens (including phenoxy) is 1. The second kappa shape index (κ2) is 5.42. The van der Waals surface area contributed by atoms with Crippen molar-refractivity contribution in [2.24, 2.45) is 0 Å². The molecule has 0 radical (unpaired) electrons. The van der Waals surface area contributed by atoms with Crippen LogP contribution in [0.1, 0.15) is 29.6 Å². The first-order valence-electron chi connectivity index (χ1n) is 6.65. The fourth-order valence-electron chi connectivity index (χ4n) is 2.39. The second-order valence-corrected chi connectivity index (χ2v) is 5.96. The van der Waals surface area contributed by atoms with Crippen molar-refractivity contribution < 1.29 is 13.9 Å². The molecule has 1 atom stereocenters. The van der Waals surface area contributed by atoms with E-state index in [-0.39, 0.29) is 17.4 Å². The van der Waals surface area contributed by atoms with Crippen molar-refractivity contribution in [3.05, 3.63) is 46.5 Å². The van der Waals surface area contributed by atoms with Crippen molar-refractivity contribution in [1.82, 2.24) is 5.32 Å². The number of hydrogen-bond acceptors (Lipinski definition) is 4. The van der Waals surface area contributed by atoms with Gasteiger partial charge in [-0.05, 0) is 36.4 Å². The van der Waals surface area contributed by atoms with Gasteiger partial charge in [0.25, 0.3) is 0 Å². The highest BCUT2D eigenvalue weighted by atomic mass is 32.1. The third-order valence-corrected chi connectivity index (χ3v) is 4.84. The molecule has 106 valence electrons. The summed E-state index contributed by atoms with van der Waals surface area (Å²) in [6.07, 6.45) is 3.22. The zero-order valence-electron chi connectivity index (χ0n) is 11.3. The molecular weight excluding hydrogens is 274 g/mol. The van der Waals surface area contributed by atoms with E-state index in [0.717, 1.165) is 23.5 Å². The van der Waals surface area contributed by atoms with Gasteiger partial charge in [0.05, 0.1) is 18.2 Å². The standard InChI is InChI=1S/C15H17NO3S/c1-18-12(11-4-2-8-19-11)10-16-14(17)15(6-7-15)13-5-3-9-20-13/h2-5,8-9,12H,6-7,10H2,1H3,(H,16,17). The fourth-order valence-corrected chi connectivity index (χ4v) is 3.37. The molecule has 1 N–H and O–H groups in total. The summed E-state index contributed by atoms with van der Waals surface area (Å²) < 4.78 is 10.7. The number of hydrogen-bond donors (Lipinski definition) is 1. The van der Waals surface area contributed by atoms with Gasteiger partial charge in [0.15, 0.2) is 0 Å². The Morgan fingerprint density at radius 3 is 2.90 bits per heavy atom. The van der Waals surface area contributed by atoms with E-state index in [2.05, 4.69) is 5.32 Å². The third kappa shape index (κ3) is 2.39. The van der Waals surface area contributed by atoms with Gasteiger partial charge in [-0.25, -0.2) is 0 Å². The van der Waals surface area contributed by atoms with Crippen LogP contribution in [0, 0.1) is 0 Å². The Hall–Kier alpha value is -1.59. The molecule has 2 heterocycles. The van der Waals surface area contributed by atoms with Crippen LogP contribution in [0.5, 0.6) is 0 Å². The Kier molecular flexibility index (Phi) is 3.63. The molecule has 4 nitrogen and oxygen atoms in total. The van der Waals surface area contributed by atoms with Crippen LogP contribution >= 0.6 is 11.3 Å². The quantitative estimate of drug-likeness (QED) is 0.890. The SMILES string of the molecule is COC(CNC(=O)C1(c2cccs2)CC1)c1ccco1. The van der Waals surface area contributed by atoms with Crippen LogP contribution in [0.15, 0.2) is 40.3 Å². The van der Waals surface area contributed by atoms with Crippen molar-refractivity contribution in [2.75, 3.05) is 13.7 Å². The van der Waals surface area contributed by atoms with Gasteiger partial charge in [0.2, 0.25) is 5.91 Å². The summed E-state index contributed by atoms with van der Waals surface area (Å²) >= 11 is 1.65. The van der Waals surface area contributed by atoms with Crippen LogP contribution < -0.4 is 5.32 Å². The minimum absolute atomic E-state index is 0.0913. The van der Waals surface area contributed by atoms with Crippen molar-refractivity contribution in [3.8, 4) is 0 Å². The maximum Gasteiger partial charge on any atom is 0.231 e. The summed E-state index contributed by atoms with van der Waals surface area (Å²) in [4.78, 5) is 13.6. The average Bonchev–Trinajstić information content (AvgIpc) is 2.91. The van der Waals surface area contributed by atoms with Crippen LogP contribution in [0.25, 0.3) is 0 Å². The number of carbonyl (C=O) groups is 1. The maximum atomic E-state index is 12.4. The first-order chi connectivity index (χ1) is 9.76. The number of nitrogens with one attached hydrogen (secondary N) is 1. The van der Waals surface area contributed by atoms with Crippen molar-refractivity contribution >= 4 is 17.2 Å². The molecule has 20 heavy (non-hydrogen) atoms. The van der Waals surface area contributed by atoms with Crippen LogP contribution in [0.4, 0.5) is 0 Å². The van der Waals surface area contributed by atoms with E-state index in [0.29, 0.717) is 6.54 Å². The van der Waals surface area contributed by atoms with Gasteiger partial charge in [-0.15, -0.1) is 11.3 Å². The number of rotatable bonds is 6. The van der Waals surface area contributed by atoms with Gasteiger partial charge >= 0.3 is 0 Å². The minimum atomic E-state index is -0.296. The molecule has 0 bridgehead atoms. The zero-order valence-corrected chi connectivity index (χ0v) is 12.1. The molecule has 1 amide bonds. The molecule has 5 heteroatoms. The van der Waals surface area contributed by atoms with E-state index >= 15 is 0 Å². The van der Waals surface area contributed by atoms with E-state index in [4.69, 9.17) is 9.15 Å². The van der Waals surface area contributed by atoms with E-state index in [1.807, 2.05) is 29.6 Å². The number of methoxy groups -OCH3 is 1. The normalized spacial score (nSPS) is 17.6. The molecule has 2 aromatic heterocycles. The maximum absolute atomic E-state index is 12.4. The predicted octanol–water partition coefficient (Wildman–Crippen LogP) is 2.88. The average molecular weight is 291 g/mol. The number of carbonyl (C=O) groups excluding carboxylic acids is 1.